The van der Waals surface area contributed by atoms with E-state index in [0.29, 0.717) is 22.4 Å². The van der Waals surface area contributed by atoms with Crippen LogP contribution in [0, 0.1) is 13.8 Å². The Morgan fingerprint density at radius 3 is 2.70 bits per heavy atom. The average molecular weight is 490 g/mol. The number of hydrogen-bond acceptors (Lipinski definition) is 8. The number of sulfone groups is 1. The highest BCUT2D eigenvalue weighted by molar-refractivity contribution is 8.14. The Morgan fingerprint density at radius 1 is 1.18 bits per heavy atom. The highest BCUT2D eigenvalue weighted by Crippen LogP contribution is 2.41. The Morgan fingerprint density at radius 2 is 1.97 bits per heavy atom. The van der Waals surface area contributed by atoms with E-state index >= 15 is 0 Å². The van der Waals surface area contributed by atoms with Gasteiger partial charge < -0.3 is 19.7 Å². The number of fused-ring (bicyclic) bond motifs is 1. The molecule has 1 amide bonds. The van der Waals surface area contributed by atoms with Crippen LogP contribution >= 0.6 is 11.8 Å². The van der Waals surface area contributed by atoms with Crippen molar-refractivity contribution in [2.24, 2.45) is 4.99 Å². The molecule has 2 aromatic rings. The summed E-state index contributed by atoms with van der Waals surface area (Å²) in [7, 11) is -0.0647. The van der Waals surface area contributed by atoms with Gasteiger partial charge in [-0.05, 0) is 43.2 Å². The molecule has 10 heteroatoms. The summed E-state index contributed by atoms with van der Waals surface area (Å²) in [6.07, 6.45) is 0. The lowest BCUT2D eigenvalue weighted by Gasteiger charge is -2.28. The lowest BCUT2D eigenvalue weighted by molar-refractivity contribution is -0.113. The monoisotopic (exact) mass is 489 g/mol. The minimum Gasteiger partial charge on any atom is -0.497 e. The predicted molar refractivity (Wildman–Crippen MR) is 133 cm³/mol. The number of amides is 1. The number of nitrogens with one attached hydrogen (secondary N) is 1. The zero-order valence-electron chi connectivity index (χ0n) is 19.0. The first kappa shape index (κ1) is 23.4. The normalized spacial score (nSPS) is 20.8. The second-order valence-corrected chi connectivity index (χ2v) is 11.2. The topological polar surface area (TPSA) is 97.3 Å². The van der Waals surface area contributed by atoms with E-state index < -0.39 is 9.84 Å². The molecule has 2 aromatic carbocycles. The minimum absolute atomic E-state index is 0.000272. The number of aryl methyl sites for hydroxylation is 1. The van der Waals surface area contributed by atoms with Gasteiger partial charge in [-0.25, -0.2) is 8.42 Å². The number of ether oxygens (including phenoxy) is 2. The molecule has 0 aromatic heterocycles. The van der Waals surface area contributed by atoms with E-state index in [1.54, 1.807) is 32.4 Å². The maximum Gasteiger partial charge on any atom is 0.234 e. The lowest BCUT2D eigenvalue weighted by atomic mass is 10.1. The number of benzene rings is 2. The van der Waals surface area contributed by atoms with Crippen molar-refractivity contribution in [2.45, 2.75) is 25.9 Å². The second kappa shape index (κ2) is 9.26. The summed E-state index contributed by atoms with van der Waals surface area (Å²) in [5, 5.41) is 3.56. The van der Waals surface area contributed by atoms with Crippen LogP contribution in [0.5, 0.6) is 11.5 Å². The molecule has 1 fully saturated rings. The van der Waals surface area contributed by atoms with Crippen LogP contribution in [0.1, 0.15) is 11.1 Å². The lowest BCUT2D eigenvalue weighted by Crippen LogP contribution is -2.39. The third kappa shape index (κ3) is 4.81. The standard InChI is InChI=1S/C23H27N3O5S2/c1-14-6-5-7-17(15(14)2)24-22(27)11-32-23-25-18-12-33(28,29)13-20(18)26(23)19-10-16(30-3)8-9-21(19)31-4/h5-10,18,20H,11-13H2,1-4H3,(H,24,27)/t18-,20-/m0/s1. The summed E-state index contributed by atoms with van der Waals surface area (Å²) in [6, 6.07) is 10.4. The summed E-state index contributed by atoms with van der Waals surface area (Å²) >= 11 is 1.29. The maximum atomic E-state index is 12.7. The van der Waals surface area contributed by atoms with E-state index in [9.17, 15) is 13.2 Å². The number of rotatable bonds is 6. The zero-order valence-corrected chi connectivity index (χ0v) is 20.6. The van der Waals surface area contributed by atoms with Crippen LogP contribution in [0.25, 0.3) is 0 Å². The summed E-state index contributed by atoms with van der Waals surface area (Å²) in [5.74, 6) is 1.18. The van der Waals surface area contributed by atoms with Gasteiger partial charge in [0.1, 0.15) is 11.5 Å². The Balaban J connectivity index is 1.58. The SMILES string of the molecule is COc1ccc(OC)c(N2C(SCC(=O)Nc3cccc(C)c3C)=N[C@H]3CS(=O)(=O)C[C@@H]32)c1. The molecule has 2 atom stereocenters. The van der Waals surface area contributed by atoms with Crippen molar-refractivity contribution in [3.63, 3.8) is 0 Å². The van der Waals surface area contributed by atoms with Gasteiger partial charge in [0.05, 0.1) is 49.2 Å². The number of carbonyl (C=O) groups is 1. The first-order valence-electron chi connectivity index (χ1n) is 10.5. The van der Waals surface area contributed by atoms with Crippen LogP contribution < -0.4 is 19.7 Å². The molecule has 1 N–H and O–H groups in total. The number of nitrogens with zero attached hydrogens (tertiary/aromatic N) is 2. The van der Waals surface area contributed by atoms with Crippen LogP contribution in [-0.4, -0.2) is 63.1 Å². The predicted octanol–water partition coefficient (Wildman–Crippen LogP) is 3.03. The first-order valence-corrected chi connectivity index (χ1v) is 13.3. The minimum atomic E-state index is -3.20. The van der Waals surface area contributed by atoms with Gasteiger partial charge >= 0.3 is 0 Å². The van der Waals surface area contributed by atoms with Gasteiger partial charge in [0, 0.05) is 11.8 Å². The molecule has 8 nitrogen and oxygen atoms in total. The fourth-order valence-corrected chi connectivity index (χ4v) is 6.86. The Hall–Kier alpha value is -2.72. The summed E-state index contributed by atoms with van der Waals surface area (Å²) < 4.78 is 35.5. The van der Waals surface area contributed by atoms with E-state index in [1.165, 1.54) is 11.8 Å². The van der Waals surface area contributed by atoms with Gasteiger partial charge in [-0.3, -0.25) is 9.79 Å². The van der Waals surface area contributed by atoms with E-state index in [-0.39, 0.29) is 35.2 Å². The molecule has 2 aliphatic heterocycles. The number of anilines is 2. The quantitative estimate of drug-likeness (QED) is 0.666. The molecule has 0 spiro atoms. The van der Waals surface area contributed by atoms with Crippen LogP contribution in [0.2, 0.25) is 0 Å². The van der Waals surface area contributed by atoms with Crippen molar-refractivity contribution >= 4 is 44.0 Å². The van der Waals surface area contributed by atoms with E-state index in [4.69, 9.17) is 14.5 Å². The van der Waals surface area contributed by atoms with Crippen molar-refractivity contribution in [1.82, 2.24) is 0 Å². The molecule has 33 heavy (non-hydrogen) atoms. The second-order valence-electron chi connectivity index (χ2n) is 8.12. The molecule has 0 radical (unpaired) electrons. The fourth-order valence-electron chi connectivity index (χ4n) is 4.10. The molecule has 4 rings (SSSR count). The van der Waals surface area contributed by atoms with Gasteiger partial charge in [-0.15, -0.1) is 0 Å². The van der Waals surface area contributed by atoms with Crippen LogP contribution in [0.3, 0.4) is 0 Å². The smallest absolute Gasteiger partial charge is 0.234 e. The molecule has 0 bridgehead atoms. The number of aliphatic imine (C=N–C) groups is 1. The molecule has 0 unspecified atom stereocenters. The van der Waals surface area contributed by atoms with Crippen LogP contribution in [0.15, 0.2) is 41.4 Å². The summed E-state index contributed by atoms with van der Waals surface area (Å²) in [5.41, 5.74) is 3.58. The van der Waals surface area contributed by atoms with Gasteiger partial charge in [0.2, 0.25) is 5.91 Å². The maximum absolute atomic E-state index is 12.7. The number of thioether (sulfide) groups is 1. The van der Waals surface area contributed by atoms with Gasteiger partial charge in [0.25, 0.3) is 0 Å². The fraction of sp³-hybridized carbons (Fsp3) is 0.391. The van der Waals surface area contributed by atoms with Crippen molar-refractivity contribution in [3.8, 4) is 11.5 Å². The molecular formula is C23H27N3O5S2. The molecule has 0 saturated carbocycles. The molecule has 2 heterocycles. The Kier molecular flexibility index (Phi) is 6.58. The van der Waals surface area contributed by atoms with Crippen molar-refractivity contribution in [2.75, 3.05) is 41.7 Å². The van der Waals surface area contributed by atoms with E-state index in [1.807, 2.05) is 36.9 Å². The molecular weight excluding hydrogens is 462 g/mol. The third-order valence-electron chi connectivity index (χ3n) is 5.96. The van der Waals surface area contributed by atoms with Gasteiger partial charge in [-0.2, -0.15) is 0 Å². The zero-order chi connectivity index (χ0) is 23.8. The van der Waals surface area contributed by atoms with Crippen LogP contribution in [-0.2, 0) is 14.6 Å². The summed E-state index contributed by atoms with van der Waals surface area (Å²) in [6.45, 7) is 3.97. The largest absolute Gasteiger partial charge is 0.497 e. The highest BCUT2D eigenvalue weighted by Gasteiger charge is 2.48. The number of hydrogen-bond donors (Lipinski definition) is 1. The molecule has 176 valence electrons. The summed E-state index contributed by atoms with van der Waals surface area (Å²) in [4.78, 5) is 19.3. The molecule has 0 aliphatic carbocycles. The molecule has 1 saturated heterocycles. The van der Waals surface area contributed by atoms with Crippen molar-refractivity contribution < 1.29 is 22.7 Å². The number of methoxy groups -OCH3 is 2. The Labute approximate surface area is 198 Å². The first-order chi connectivity index (χ1) is 15.7. The van der Waals surface area contributed by atoms with Crippen molar-refractivity contribution in [3.05, 3.63) is 47.5 Å². The van der Waals surface area contributed by atoms with Crippen LogP contribution in [0.4, 0.5) is 11.4 Å². The Bertz CT molecular complexity index is 1210. The van der Waals surface area contributed by atoms with Gasteiger partial charge in [-0.1, -0.05) is 23.9 Å². The number of amidine groups is 1. The molecule has 2 aliphatic rings. The van der Waals surface area contributed by atoms with Crippen molar-refractivity contribution in [1.29, 1.82) is 0 Å². The van der Waals surface area contributed by atoms with E-state index in [2.05, 4.69) is 5.32 Å². The van der Waals surface area contributed by atoms with Gasteiger partial charge in [0.15, 0.2) is 15.0 Å². The highest BCUT2D eigenvalue weighted by atomic mass is 32.2. The third-order valence-corrected chi connectivity index (χ3v) is 8.63. The van der Waals surface area contributed by atoms with E-state index in [0.717, 1.165) is 16.8 Å². The number of carbonyl (C=O) groups excluding carboxylic acids is 1. The average Bonchev–Trinajstić information content (AvgIpc) is 3.25.